The molecule has 0 atom stereocenters. The van der Waals surface area contributed by atoms with Gasteiger partial charge in [-0.2, -0.15) is 0 Å². The molecule has 2 aromatic rings. The van der Waals surface area contributed by atoms with Gasteiger partial charge < -0.3 is 9.73 Å². The van der Waals surface area contributed by atoms with Crippen LogP contribution < -0.4 is 5.32 Å². The van der Waals surface area contributed by atoms with Crippen LogP contribution in [0.3, 0.4) is 0 Å². The first kappa shape index (κ1) is 14.6. The van der Waals surface area contributed by atoms with Gasteiger partial charge in [0.05, 0.1) is 12.7 Å². The number of nitrogens with one attached hydrogen (secondary N) is 1. The van der Waals surface area contributed by atoms with Crippen molar-refractivity contribution in [3.05, 3.63) is 41.4 Å². The first-order chi connectivity index (χ1) is 10.3. The minimum Gasteiger partial charge on any atom is -0.439 e. The Hall–Kier alpha value is -1.36. The molecule has 2 heterocycles. The van der Waals surface area contributed by atoms with Gasteiger partial charge in [-0.05, 0) is 37.2 Å². The Kier molecular flexibility index (Phi) is 4.58. The molecule has 112 valence electrons. The highest BCUT2D eigenvalue weighted by Crippen LogP contribution is 2.23. The molecule has 1 aromatic heterocycles. The lowest BCUT2D eigenvalue weighted by molar-refractivity contribution is 0.126. The maximum absolute atomic E-state index is 5.91. The zero-order valence-corrected chi connectivity index (χ0v) is 12.9. The molecule has 3 rings (SSSR count). The van der Waals surface area contributed by atoms with Crippen LogP contribution in [0.15, 0.2) is 34.9 Å². The number of hydrogen-bond donors (Lipinski definition) is 1. The van der Waals surface area contributed by atoms with Crippen molar-refractivity contribution in [1.29, 1.82) is 0 Å². The Labute approximate surface area is 130 Å². The first-order valence-electron chi connectivity index (χ1n) is 7.41. The molecule has 0 unspecified atom stereocenters. The zero-order chi connectivity index (χ0) is 14.7. The summed E-state index contributed by atoms with van der Waals surface area (Å²) < 4.78 is 5.89. The Morgan fingerprint density at radius 3 is 2.71 bits per heavy atom. The Morgan fingerprint density at radius 1 is 1.33 bits per heavy atom. The largest absolute Gasteiger partial charge is 0.439 e. The van der Waals surface area contributed by atoms with Gasteiger partial charge in [0.1, 0.15) is 0 Å². The lowest BCUT2D eigenvalue weighted by Crippen LogP contribution is -2.57. The van der Waals surface area contributed by atoms with Crippen molar-refractivity contribution in [2.24, 2.45) is 0 Å². The molecule has 0 radical (unpaired) electrons. The van der Waals surface area contributed by atoms with Crippen LogP contribution in [0, 0.1) is 0 Å². The molecule has 0 spiro atoms. The van der Waals surface area contributed by atoms with E-state index in [2.05, 4.69) is 22.1 Å². The molecule has 1 aromatic carbocycles. The van der Waals surface area contributed by atoms with Gasteiger partial charge in [0, 0.05) is 29.7 Å². The van der Waals surface area contributed by atoms with Gasteiger partial charge in [-0.15, -0.1) is 0 Å². The molecule has 1 fully saturated rings. The van der Waals surface area contributed by atoms with E-state index in [0.717, 1.165) is 54.8 Å². The third-order valence-electron chi connectivity index (χ3n) is 3.81. The minimum absolute atomic E-state index is 0.607. The molecular weight excluding hydrogens is 286 g/mol. The normalized spacial score (nSPS) is 15.4. The molecule has 21 heavy (non-hydrogen) atoms. The summed E-state index contributed by atoms with van der Waals surface area (Å²) in [6, 6.07) is 8.24. The predicted octanol–water partition coefficient (Wildman–Crippen LogP) is 3.18. The molecule has 0 saturated carbocycles. The molecule has 1 N–H and O–H groups in total. The summed E-state index contributed by atoms with van der Waals surface area (Å²) in [5, 5.41) is 4.04. The molecule has 1 aliphatic rings. The molecule has 5 heteroatoms. The Balaban J connectivity index is 1.70. The topological polar surface area (TPSA) is 41.3 Å². The second kappa shape index (κ2) is 6.60. The van der Waals surface area contributed by atoms with Crippen molar-refractivity contribution < 1.29 is 4.42 Å². The van der Waals surface area contributed by atoms with Crippen LogP contribution in [0.1, 0.15) is 19.2 Å². The molecule has 1 aliphatic heterocycles. The lowest BCUT2D eigenvalue weighted by Gasteiger charge is -2.37. The van der Waals surface area contributed by atoms with Crippen molar-refractivity contribution in [1.82, 2.24) is 15.2 Å². The van der Waals surface area contributed by atoms with Crippen LogP contribution in [-0.4, -0.2) is 35.6 Å². The van der Waals surface area contributed by atoms with E-state index in [-0.39, 0.29) is 0 Å². The smallest absolute Gasteiger partial charge is 0.209 e. The van der Waals surface area contributed by atoms with E-state index >= 15 is 0 Å². The summed E-state index contributed by atoms with van der Waals surface area (Å²) in [6.07, 6.45) is 2.93. The van der Waals surface area contributed by atoms with Crippen molar-refractivity contribution >= 4 is 11.6 Å². The quantitative estimate of drug-likeness (QED) is 0.890. The van der Waals surface area contributed by atoms with E-state index in [1.807, 2.05) is 24.3 Å². The number of oxazole rings is 1. The number of rotatable bonds is 6. The molecular formula is C16H20ClN3O. The molecule has 0 aliphatic carbocycles. The summed E-state index contributed by atoms with van der Waals surface area (Å²) in [7, 11) is 0. The van der Waals surface area contributed by atoms with Crippen LogP contribution in [0.5, 0.6) is 0 Å². The van der Waals surface area contributed by atoms with Crippen molar-refractivity contribution in [2.45, 2.75) is 25.9 Å². The van der Waals surface area contributed by atoms with Crippen molar-refractivity contribution in [3.8, 4) is 11.3 Å². The standard InChI is InChI=1S/C16H20ClN3O/c1-2-7-20(14-8-18-9-14)11-16-19-10-15(21-16)12-3-5-13(17)6-4-12/h3-6,10,14,18H,2,7-9,11H2,1H3. The zero-order valence-electron chi connectivity index (χ0n) is 12.2. The van der Waals surface area contributed by atoms with E-state index < -0.39 is 0 Å². The minimum atomic E-state index is 0.607. The monoisotopic (exact) mass is 305 g/mol. The molecule has 1 saturated heterocycles. The first-order valence-corrected chi connectivity index (χ1v) is 7.79. The number of nitrogens with zero attached hydrogens (tertiary/aromatic N) is 2. The second-order valence-corrected chi connectivity index (χ2v) is 5.84. The average molecular weight is 306 g/mol. The summed E-state index contributed by atoms with van der Waals surface area (Å²) in [5.74, 6) is 1.57. The van der Waals surface area contributed by atoms with Crippen LogP contribution in [0.25, 0.3) is 11.3 Å². The van der Waals surface area contributed by atoms with Gasteiger partial charge in [0.15, 0.2) is 5.76 Å². The highest BCUT2D eigenvalue weighted by atomic mass is 35.5. The van der Waals surface area contributed by atoms with E-state index in [1.54, 1.807) is 6.20 Å². The van der Waals surface area contributed by atoms with Crippen LogP contribution >= 0.6 is 11.6 Å². The molecule has 4 nitrogen and oxygen atoms in total. The number of aromatic nitrogens is 1. The van der Waals surface area contributed by atoms with Crippen molar-refractivity contribution in [2.75, 3.05) is 19.6 Å². The summed E-state index contributed by atoms with van der Waals surface area (Å²) >= 11 is 5.91. The fraction of sp³-hybridized carbons (Fsp3) is 0.438. The van der Waals surface area contributed by atoms with E-state index in [9.17, 15) is 0 Å². The average Bonchev–Trinajstić information content (AvgIpc) is 2.86. The SMILES string of the molecule is CCCN(Cc1ncc(-c2ccc(Cl)cc2)o1)C1CNC1. The van der Waals surface area contributed by atoms with Crippen LogP contribution in [0.2, 0.25) is 5.02 Å². The van der Waals surface area contributed by atoms with Gasteiger partial charge in [-0.3, -0.25) is 4.90 Å². The van der Waals surface area contributed by atoms with Crippen LogP contribution in [0.4, 0.5) is 0 Å². The number of benzene rings is 1. The van der Waals surface area contributed by atoms with Gasteiger partial charge in [-0.1, -0.05) is 18.5 Å². The van der Waals surface area contributed by atoms with Crippen LogP contribution in [-0.2, 0) is 6.54 Å². The highest BCUT2D eigenvalue weighted by molar-refractivity contribution is 6.30. The third kappa shape index (κ3) is 3.46. The maximum atomic E-state index is 5.91. The Bertz CT molecular complexity index is 577. The van der Waals surface area contributed by atoms with Crippen molar-refractivity contribution in [3.63, 3.8) is 0 Å². The van der Waals surface area contributed by atoms with Gasteiger partial charge in [0.25, 0.3) is 0 Å². The predicted molar refractivity (Wildman–Crippen MR) is 84.3 cm³/mol. The number of hydrogen-bond acceptors (Lipinski definition) is 4. The van der Waals surface area contributed by atoms with E-state index in [1.165, 1.54) is 0 Å². The molecule has 0 amide bonds. The maximum Gasteiger partial charge on any atom is 0.209 e. The summed E-state index contributed by atoms with van der Waals surface area (Å²) in [6.45, 7) is 6.17. The highest BCUT2D eigenvalue weighted by Gasteiger charge is 2.25. The lowest BCUT2D eigenvalue weighted by atomic mass is 10.1. The van der Waals surface area contributed by atoms with E-state index in [4.69, 9.17) is 16.0 Å². The van der Waals surface area contributed by atoms with Gasteiger partial charge in [0.2, 0.25) is 5.89 Å². The fourth-order valence-corrected chi connectivity index (χ4v) is 2.64. The second-order valence-electron chi connectivity index (χ2n) is 5.41. The summed E-state index contributed by atoms with van der Waals surface area (Å²) in [5.41, 5.74) is 1.01. The fourth-order valence-electron chi connectivity index (χ4n) is 2.51. The molecule has 0 bridgehead atoms. The van der Waals surface area contributed by atoms with Gasteiger partial charge >= 0.3 is 0 Å². The summed E-state index contributed by atoms with van der Waals surface area (Å²) in [4.78, 5) is 6.85. The van der Waals surface area contributed by atoms with E-state index in [0.29, 0.717) is 6.04 Å². The third-order valence-corrected chi connectivity index (χ3v) is 4.06. The number of halogens is 1. The Morgan fingerprint density at radius 2 is 2.10 bits per heavy atom. The van der Waals surface area contributed by atoms with Gasteiger partial charge in [-0.25, -0.2) is 4.98 Å².